The number of hydrogen-bond donors (Lipinski definition) is 2. The van der Waals surface area contributed by atoms with Crippen LogP contribution in [0.5, 0.6) is 5.75 Å². The number of nitrogens with zero attached hydrogens (tertiary/aromatic N) is 3. The quantitative estimate of drug-likeness (QED) is 0.603. The van der Waals surface area contributed by atoms with Crippen LogP contribution in [0.2, 0.25) is 0 Å². The summed E-state index contributed by atoms with van der Waals surface area (Å²) in [5.74, 6) is 0.160. The monoisotopic (exact) mass is 418 g/mol. The summed E-state index contributed by atoms with van der Waals surface area (Å²) in [5.41, 5.74) is 5.51. The lowest BCUT2D eigenvalue weighted by Gasteiger charge is -2.33. The van der Waals surface area contributed by atoms with Crippen LogP contribution in [0.3, 0.4) is 0 Å². The number of aliphatic imine (C=N–C) groups is 1. The molecule has 0 saturated carbocycles. The zero-order valence-electron chi connectivity index (χ0n) is 17.0. The molecule has 4 rings (SSSR count). The van der Waals surface area contributed by atoms with Crippen molar-refractivity contribution in [3.05, 3.63) is 75.7 Å². The SMILES string of the molecule is CN=Cc1ccc(-c2csc(C3=C(C)N(C)C(=O)NC3c3cccc(O)c3)n2)cc1. The fourth-order valence-corrected chi connectivity index (χ4v) is 4.44. The number of hydrogen-bond acceptors (Lipinski definition) is 5. The number of benzene rings is 2. The highest BCUT2D eigenvalue weighted by Gasteiger charge is 2.32. The van der Waals surface area contributed by atoms with Gasteiger partial charge in [-0.3, -0.25) is 4.99 Å². The van der Waals surface area contributed by atoms with Crippen LogP contribution in [0.25, 0.3) is 16.8 Å². The fraction of sp³-hybridized carbons (Fsp3) is 0.174. The number of aromatic hydroxyl groups is 1. The Bertz CT molecular complexity index is 1150. The van der Waals surface area contributed by atoms with Gasteiger partial charge in [-0.2, -0.15) is 0 Å². The van der Waals surface area contributed by atoms with E-state index in [4.69, 9.17) is 4.98 Å². The fourth-order valence-electron chi connectivity index (χ4n) is 3.49. The van der Waals surface area contributed by atoms with Crippen molar-refractivity contribution in [1.82, 2.24) is 15.2 Å². The maximum atomic E-state index is 12.5. The van der Waals surface area contributed by atoms with E-state index in [1.807, 2.05) is 48.9 Å². The molecule has 0 radical (unpaired) electrons. The zero-order valence-corrected chi connectivity index (χ0v) is 17.8. The first kappa shape index (κ1) is 19.8. The molecule has 1 unspecified atom stereocenters. The number of thiazole rings is 1. The third-order valence-electron chi connectivity index (χ3n) is 5.18. The Hall–Kier alpha value is -3.45. The summed E-state index contributed by atoms with van der Waals surface area (Å²) < 4.78 is 0. The average molecular weight is 419 g/mol. The van der Waals surface area contributed by atoms with Crippen molar-refractivity contribution in [3.8, 4) is 17.0 Å². The Morgan fingerprint density at radius 1 is 1.23 bits per heavy atom. The third kappa shape index (κ3) is 3.71. The molecule has 6 nitrogen and oxygen atoms in total. The lowest BCUT2D eigenvalue weighted by molar-refractivity contribution is 0.214. The van der Waals surface area contributed by atoms with Crippen LogP contribution in [-0.2, 0) is 0 Å². The summed E-state index contributed by atoms with van der Waals surface area (Å²) >= 11 is 1.54. The van der Waals surface area contributed by atoms with Gasteiger partial charge >= 0.3 is 6.03 Å². The van der Waals surface area contributed by atoms with E-state index in [-0.39, 0.29) is 17.8 Å². The van der Waals surface area contributed by atoms with Crippen LogP contribution in [0.1, 0.15) is 29.1 Å². The molecule has 2 amide bonds. The Morgan fingerprint density at radius 3 is 2.70 bits per heavy atom. The minimum atomic E-state index is -0.386. The molecule has 7 heteroatoms. The maximum Gasteiger partial charge on any atom is 0.322 e. The first-order valence-electron chi connectivity index (χ1n) is 9.50. The van der Waals surface area contributed by atoms with Crippen molar-refractivity contribution in [2.24, 2.45) is 4.99 Å². The van der Waals surface area contributed by atoms with Crippen molar-refractivity contribution in [3.63, 3.8) is 0 Å². The summed E-state index contributed by atoms with van der Waals surface area (Å²) in [4.78, 5) is 23.0. The molecule has 1 atom stereocenters. The van der Waals surface area contributed by atoms with Gasteiger partial charge in [-0.25, -0.2) is 9.78 Å². The van der Waals surface area contributed by atoms with Crippen LogP contribution in [0.15, 0.2) is 64.6 Å². The Kier molecular flexibility index (Phi) is 5.37. The van der Waals surface area contributed by atoms with Gasteiger partial charge in [0, 0.05) is 42.5 Å². The highest BCUT2D eigenvalue weighted by atomic mass is 32.1. The van der Waals surface area contributed by atoms with Crippen LogP contribution in [0.4, 0.5) is 4.79 Å². The van der Waals surface area contributed by atoms with E-state index in [0.29, 0.717) is 0 Å². The van der Waals surface area contributed by atoms with Gasteiger partial charge < -0.3 is 15.3 Å². The summed E-state index contributed by atoms with van der Waals surface area (Å²) in [5, 5.41) is 15.8. The normalized spacial score (nSPS) is 17.0. The summed E-state index contributed by atoms with van der Waals surface area (Å²) in [6.45, 7) is 1.92. The number of amides is 2. The minimum absolute atomic E-state index is 0.160. The molecule has 1 aliphatic rings. The van der Waals surface area contributed by atoms with E-state index < -0.39 is 0 Å². The number of aromatic nitrogens is 1. The van der Waals surface area contributed by atoms with E-state index >= 15 is 0 Å². The van der Waals surface area contributed by atoms with Crippen LogP contribution >= 0.6 is 11.3 Å². The van der Waals surface area contributed by atoms with E-state index in [0.717, 1.165) is 38.7 Å². The number of urea groups is 1. The Balaban J connectivity index is 1.75. The van der Waals surface area contributed by atoms with Crippen LogP contribution < -0.4 is 5.32 Å². The summed E-state index contributed by atoms with van der Waals surface area (Å²) in [6.07, 6.45) is 1.81. The first-order valence-corrected chi connectivity index (χ1v) is 10.4. The molecule has 1 aliphatic heterocycles. The summed E-state index contributed by atoms with van der Waals surface area (Å²) in [6, 6.07) is 14.5. The molecule has 30 heavy (non-hydrogen) atoms. The minimum Gasteiger partial charge on any atom is -0.508 e. The smallest absolute Gasteiger partial charge is 0.322 e. The van der Waals surface area contributed by atoms with Crippen molar-refractivity contribution in [2.45, 2.75) is 13.0 Å². The number of nitrogens with one attached hydrogen (secondary N) is 1. The first-order chi connectivity index (χ1) is 14.5. The van der Waals surface area contributed by atoms with Crippen molar-refractivity contribution in [2.75, 3.05) is 14.1 Å². The number of carbonyl (C=O) groups is 1. The molecule has 0 spiro atoms. The van der Waals surface area contributed by atoms with Gasteiger partial charge in [0.1, 0.15) is 10.8 Å². The predicted octanol–water partition coefficient (Wildman–Crippen LogP) is 4.69. The highest BCUT2D eigenvalue weighted by molar-refractivity contribution is 7.11. The average Bonchev–Trinajstić information content (AvgIpc) is 3.22. The molecule has 0 bridgehead atoms. The molecule has 3 aromatic rings. The Labute approximate surface area is 179 Å². The van der Waals surface area contributed by atoms with Gasteiger partial charge in [0.25, 0.3) is 0 Å². The predicted molar refractivity (Wildman–Crippen MR) is 121 cm³/mol. The van der Waals surface area contributed by atoms with Crippen LogP contribution in [0, 0.1) is 0 Å². The molecule has 152 valence electrons. The maximum absolute atomic E-state index is 12.5. The molecule has 0 fully saturated rings. The third-order valence-corrected chi connectivity index (χ3v) is 6.05. The lowest BCUT2D eigenvalue weighted by atomic mass is 9.95. The largest absolute Gasteiger partial charge is 0.508 e. The second kappa shape index (κ2) is 8.12. The number of phenolic OH excluding ortho intramolecular Hbond substituents is 1. The van der Waals surface area contributed by atoms with Gasteiger partial charge in [0.2, 0.25) is 0 Å². The Morgan fingerprint density at radius 2 is 2.00 bits per heavy atom. The number of carbonyl (C=O) groups excluding carboxylic acids is 1. The number of phenols is 1. The summed E-state index contributed by atoms with van der Waals surface area (Å²) in [7, 11) is 3.49. The second-order valence-corrected chi connectivity index (χ2v) is 7.94. The van der Waals surface area contributed by atoms with Crippen molar-refractivity contribution >= 4 is 29.2 Å². The highest BCUT2D eigenvalue weighted by Crippen LogP contribution is 2.39. The molecule has 1 aromatic heterocycles. The molecular formula is C23H22N4O2S. The van der Waals surface area contributed by atoms with Gasteiger partial charge in [-0.15, -0.1) is 11.3 Å². The lowest BCUT2D eigenvalue weighted by Crippen LogP contribution is -2.44. The zero-order chi connectivity index (χ0) is 21.3. The van der Waals surface area contributed by atoms with Gasteiger partial charge in [0.15, 0.2) is 0 Å². The van der Waals surface area contributed by atoms with Gasteiger partial charge in [-0.1, -0.05) is 36.4 Å². The number of rotatable bonds is 4. The molecule has 2 N–H and O–H groups in total. The standard InChI is InChI=1S/C23H22N4O2S/c1-14-20(21(26-23(29)27(14)3)17-5-4-6-18(28)11-17)22-25-19(13-30-22)16-9-7-15(8-10-16)12-24-2/h4-13,21,28H,1-3H3,(H,26,29). The molecule has 0 aliphatic carbocycles. The molecular weight excluding hydrogens is 396 g/mol. The number of allylic oxidation sites excluding steroid dienone is 1. The van der Waals surface area contributed by atoms with E-state index in [1.54, 1.807) is 37.2 Å². The molecule has 0 saturated heterocycles. The van der Waals surface area contributed by atoms with Crippen LogP contribution in [-0.4, -0.2) is 41.3 Å². The molecule has 2 heterocycles. The second-order valence-electron chi connectivity index (χ2n) is 7.08. The van der Waals surface area contributed by atoms with E-state index in [1.165, 1.54) is 11.3 Å². The molecule has 2 aromatic carbocycles. The van der Waals surface area contributed by atoms with E-state index in [2.05, 4.69) is 10.3 Å². The van der Waals surface area contributed by atoms with Crippen molar-refractivity contribution in [1.29, 1.82) is 0 Å². The topological polar surface area (TPSA) is 77.8 Å². The van der Waals surface area contributed by atoms with Crippen molar-refractivity contribution < 1.29 is 9.90 Å². The van der Waals surface area contributed by atoms with Gasteiger partial charge in [0.05, 0.1) is 11.7 Å². The van der Waals surface area contributed by atoms with Gasteiger partial charge in [-0.05, 0) is 30.2 Å². The van der Waals surface area contributed by atoms with E-state index in [9.17, 15) is 9.90 Å².